The predicted octanol–water partition coefficient (Wildman–Crippen LogP) is 7.58. The third-order valence-electron chi connectivity index (χ3n) is 3.49. The Morgan fingerprint density at radius 1 is 0.652 bits per heavy atom. The summed E-state index contributed by atoms with van der Waals surface area (Å²) in [5.41, 5.74) is 4.65. The van der Waals surface area contributed by atoms with Gasteiger partial charge in [-0.25, -0.2) is 0 Å². The van der Waals surface area contributed by atoms with Gasteiger partial charge in [0.2, 0.25) is 0 Å². The highest BCUT2D eigenvalue weighted by atomic mass is 79.9. The predicted molar refractivity (Wildman–Crippen MR) is 109 cm³/mol. The first-order valence-electron chi connectivity index (χ1n) is 7.13. The van der Waals surface area contributed by atoms with E-state index in [0.717, 1.165) is 31.3 Å². The second-order valence-electron chi connectivity index (χ2n) is 5.09. The molecular weight excluding hydrogens is 482 g/mol. The molecule has 4 heteroatoms. The van der Waals surface area contributed by atoms with Crippen molar-refractivity contribution in [2.45, 2.75) is 5.33 Å². The van der Waals surface area contributed by atoms with E-state index in [1.54, 1.807) is 0 Å². The maximum absolute atomic E-state index is 3.54. The zero-order valence-corrected chi connectivity index (χ0v) is 17.0. The lowest BCUT2D eigenvalue weighted by Crippen LogP contribution is -2.10. The summed E-state index contributed by atoms with van der Waals surface area (Å²) in [7, 11) is 0. The Bertz CT molecular complexity index is 737. The number of benzene rings is 3. The van der Waals surface area contributed by atoms with E-state index in [9.17, 15) is 0 Å². The van der Waals surface area contributed by atoms with E-state index in [0.29, 0.717) is 0 Å². The molecule has 0 aliphatic carbocycles. The van der Waals surface area contributed by atoms with Gasteiger partial charge in [0.05, 0.1) is 0 Å². The average Bonchev–Trinajstić information content (AvgIpc) is 2.59. The fraction of sp³-hybridized carbons (Fsp3) is 0.0526. The quantitative estimate of drug-likeness (QED) is 0.337. The normalized spacial score (nSPS) is 10.6. The van der Waals surface area contributed by atoms with E-state index in [1.807, 2.05) is 0 Å². The smallest absolute Gasteiger partial charge is 0.0464 e. The van der Waals surface area contributed by atoms with Crippen molar-refractivity contribution >= 4 is 64.9 Å². The van der Waals surface area contributed by atoms with Gasteiger partial charge in [-0.3, -0.25) is 0 Å². The zero-order chi connectivity index (χ0) is 16.2. The molecule has 3 aromatic carbocycles. The summed E-state index contributed by atoms with van der Waals surface area (Å²) in [5, 5.41) is 0.843. The van der Waals surface area contributed by atoms with Gasteiger partial charge in [0, 0.05) is 31.3 Å². The number of nitrogens with zero attached hydrogens (tertiary/aromatic N) is 1. The SMILES string of the molecule is BrCc1cccc(N(c2ccc(Br)cc2)c2ccc(Br)cc2)c1. The molecule has 1 nitrogen and oxygen atoms in total. The average molecular weight is 496 g/mol. The molecule has 3 rings (SSSR count). The van der Waals surface area contributed by atoms with Crippen molar-refractivity contribution in [2.24, 2.45) is 0 Å². The van der Waals surface area contributed by atoms with E-state index in [2.05, 4.69) is 125 Å². The number of anilines is 3. The second kappa shape index (κ2) is 7.65. The lowest BCUT2D eigenvalue weighted by atomic mass is 10.1. The van der Waals surface area contributed by atoms with Crippen molar-refractivity contribution in [3.05, 3.63) is 87.3 Å². The monoisotopic (exact) mass is 493 g/mol. The molecule has 0 fully saturated rings. The van der Waals surface area contributed by atoms with Gasteiger partial charge in [-0.15, -0.1) is 0 Å². The summed E-state index contributed by atoms with van der Waals surface area (Å²) in [6, 6.07) is 25.3. The van der Waals surface area contributed by atoms with Crippen molar-refractivity contribution in [1.82, 2.24) is 0 Å². The molecule has 0 saturated heterocycles. The molecule has 3 aromatic rings. The van der Waals surface area contributed by atoms with Gasteiger partial charge in [-0.1, -0.05) is 59.9 Å². The van der Waals surface area contributed by atoms with Crippen LogP contribution < -0.4 is 4.90 Å². The minimum absolute atomic E-state index is 0.843. The molecule has 0 bridgehead atoms. The Morgan fingerprint density at radius 2 is 1.17 bits per heavy atom. The van der Waals surface area contributed by atoms with E-state index in [-0.39, 0.29) is 0 Å². The van der Waals surface area contributed by atoms with Gasteiger partial charge in [-0.2, -0.15) is 0 Å². The molecule has 0 aliphatic heterocycles. The third kappa shape index (κ3) is 4.06. The minimum atomic E-state index is 0.843. The van der Waals surface area contributed by atoms with Crippen molar-refractivity contribution in [2.75, 3.05) is 4.90 Å². The lowest BCUT2D eigenvalue weighted by molar-refractivity contribution is 1.26. The summed E-state index contributed by atoms with van der Waals surface area (Å²) < 4.78 is 2.15. The van der Waals surface area contributed by atoms with Gasteiger partial charge >= 0.3 is 0 Å². The first-order chi connectivity index (χ1) is 11.2. The molecular formula is C19H14Br3N. The topological polar surface area (TPSA) is 3.24 Å². The van der Waals surface area contributed by atoms with Gasteiger partial charge in [0.25, 0.3) is 0 Å². The molecule has 0 radical (unpaired) electrons. The maximum atomic E-state index is 3.54. The highest BCUT2D eigenvalue weighted by Gasteiger charge is 2.12. The first kappa shape index (κ1) is 16.7. The zero-order valence-electron chi connectivity index (χ0n) is 12.2. The van der Waals surface area contributed by atoms with Crippen LogP contribution in [0.2, 0.25) is 0 Å². The fourth-order valence-electron chi connectivity index (χ4n) is 2.41. The Labute approximate surface area is 161 Å². The molecule has 0 atom stereocenters. The fourth-order valence-corrected chi connectivity index (χ4v) is 3.28. The van der Waals surface area contributed by atoms with E-state index in [1.165, 1.54) is 5.56 Å². The molecule has 116 valence electrons. The van der Waals surface area contributed by atoms with Crippen LogP contribution in [-0.2, 0) is 5.33 Å². The summed E-state index contributed by atoms with van der Waals surface area (Å²) in [6.45, 7) is 0. The van der Waals surface area contributed by atoms with Crippen LogP contribution in [0, 0.1) is 0 Å². The number of rotatable bonds is 4. The molecule has 0 heterocycles. The maximum Gasteiger partial charge on any atom is 0.0464 e. The Balaban J connectivity index is 2.12. The van der Waals surface area contributed by atoms with Gasteiger partial charge in [0.1, 0.15) is 0 Å². The number of hydrogen-bond donors (Lipinski definition) is 0. The Morgan fingerprint density at radius 3 is 1.65 bits per heavy atom. The molecule has 0 unspecified atom stereocenters. The van der Waals surface area contributed by atoms with Gasteiger partial charge in [0.15, 0.2) is 0 Å². The van der Waals surface area contributed by atoms with Crippen molar-refractivity contribution < 1.29 is 0 Å². The molecule has 0 saturated carbocycles. The summed E-state index contributed by atoms with van der Waals surface area (Å²) in [4.78, 5) is 2.26. The standard InChI is InChI=1S/C19H14Br3N/c20-13-14-2-1-3-19(12-14)23(17-8-4-15(21)5-9-17)18-10-6-16(22)7-11-18/h1-12H,13H2. The first-order valence-corrected chi connectivity index (χ1v) is 9.84. The van der Waals surface area contributed by atoms with Crippen LogP contribution in [0.5, 0.6) is 0 Å². The van der Waals surface area contributed by atoms with Crippen LogP contribution in [0.3, 0.4) is 0 Å². The van der Waals surface area contributed by atoms with Crippen LogP contribution in [0.25, 0.3) is 0 Å². The molecule has 0 aliphatic rings. The largest absolute Gasteiger partial charge is 0.310 e. The highest BCUT2D eigenvalue weighted by Crippen LogP contribution is 2.36. The Hall–Kier alpha value is -1.10. The summed E-state index contributed by atoms with van der Waals surface area (Å²) in [5.74, 6) is 0. The van der Waals surface area contributed by atoms with E-state index < -0.39 is 0 Å². The molecule has 0 spiro atoms. The number of hydrogen-bond acceptors (Lipinski definition) is 1. The van der Waals surface area contributed by atoms with E-state index >= 15 is 0 Å². The van der Waals surface area contributed by atoms with Crippen LogP contribution >= 0.6 is 47.8 Å². The van der Waals surface area contributed by atoms with E-state index in [4.69, 9.17) is 0 Å². The molecule has 23 heavy (non-hydrogen) atoms. The summed E-state index contributed by atoms with van der Waals surface area (Å²) >= 11 is 10.6. The van der Waals surface area contributed by atoms with Gasteiger partial charge in [-0.05, 0) is 66.2 Å². The van der Waals surface area contributed by atoms with Crippen LogP contribution in [0.15, 0.2) is 81.7 Å². The van der Waals surface area contributed by atoms with Crippen molar-refractivity contribution in [3.8, 4) is 0 Å². The Kier molecular flexibility index (Phi) is 5.57. The van der Waals surface area contributed by atoms with Gasteiger partial charge < -0.3 is 4.90 Å². The van der Waals surface area contributed by atoms with Crippen LogP contribution in [0.1, 0.15) is 5.56 Å². The highest BCUT2D eigenvalue weighted by molar-refractivity contribution is 9.10. The second-order valence-corrected chi connectivity index (χ2v) is 7.48. The summed E-state index contributed by atoms with van der Waals surface area (Å²) in [6.07, 6.45) is 0. The molecule has 0 N–H and O–H groups in total. The third-order valence-corrected chi connectivity index (χ3v) is 5.20. The van der Waals surface area contributed by atoms with Crippen molar-refractivity contribution in [1.29, 1.82) is 0 Å². The lowest BCUT2D eigenvalue weighted by Gasteiger charge is -2.26. The van der Waals surface area contributed by atoms with Crippen LogP contribution in [0.4, 0.5) is 17.1 Å². The van der Waals surface area contributed by atoms with Crippen molar-refractivity contribution in [3.63, 3.8) is 0 Å². The molecule has 0 aromatic heterocycles. The molecule has 0 amide bonds. The number of halogens is 3. The minimum Gasteiger partial charge on any atom is -0.310 e. The van der Waals surface area contributed by atoms with Crippen LogP contribution in [-0.4, -0.2) is 0 Å². The number of alkyl halides is 1.